The minimum atomic E-state index is -1.84. The molecule has 0 N–H and O–H groups in total. The van der Waals surface area contributed by atoms with E-state index in [1.807, 2.05) is 6.07 Å². The molecule has 152 valence electrons. The fourth-order valence-electron chi connectivity index (χ4n) is 5.97. The van der Waals surface area contributed by atoms with Gasteiger partial charge in [0.15, 0.2) is 0 Å². The van der Waals surface area contributed by atoms with Crippen LogP contribution in [0.1, 0.15) is 0 Å². The lowest BCUT2D eigenvalue weighted by Gasteiger charge is -2.24. The minimum Gasteiger partial charge on any atom is -0.0843 e. The summed E-state index contributed by atoms with van der Waals surface area (Å²) in [7, 11) is -3.52. The van der Waals surface area contributed by atoms with Crippen LogP contribution in [0.3, 0.4) is 0 Å². The van der Waals surface area contributed by atoms with Crippen LogP contribution in [0.15, 0.2) is 78.9 Å². The molecule has 2 aliphatic rings. The third kappa shape index (κ3) is 2.53. The number of fused-ring (bicyclic) bond motifs is 6. The van der Waals surface area contributed by atoms with Crippen molar-refractivity contribution in [3.05, 3.63) is 83.9 Å². The first-order valence-electron chi connectivity index (χ1n) is 11.0. The topological polar surface area (TPSA) is 0 Å². The van der Waals surface area contributed by atoms with Crippen molar-refractivity contribution in [3.8, 4) is 33.4 Å². The first-order valence-corrected chi connectivity index (χ1v) is 17.4. The average Bonchev–Trinajstić information content (AvgIpc) is 3.13. The Labute approximate surface area is 191 Å². The average molecular weight is 453 g/mol. The molecule has 0 saturated heterocycles. The van der Waals surface area contributed by atoms with Gasteiger partial charge in [-0.2, -0.15) is 0 Å². The highest BCUT2D eigenvalue weighted by Gasteiger charge is 2.41. The zero-order valence-electron chi connectivity index (χ0n) is 18.4. The van der Waals surface area contributed by atoms with E-state index in [9.17, 15) is 0 Å². The molecule has 6 rings (SSSR count). The van der Waals surface area contributed by atoms with Crippen LogP contribution in [0.2, 0.25) is 31.2 Å². The van der Waals surface area contributed by atoms with Crippen molar-refractivity contribution in [1.82, 2.24) is 0 Å². The monoisotopic (exact) mass is 452 g/mol. The standard InChI is InChI=1S/C28H25ClSi2/c1-30(2)25-11-6-5-8-21(25)22-14-12-18(16-26(22)30)20-9-7-10-24-23-15-13-19(29)17-27(23)31(3,4)28(20)24/h5-17H,1-4H3. The molecule has 2 aliphatic heterocycles. The second-order valence-electron chi connectivity index (χ2n) is 9.97. The lowest BCUT2D eigenvalue weighted by Crippen LogP contribution is -2.50. The van der Waals surface area contributed by atoms with E-state index in [1.165, 1.54) is 38.6 Å². The second kappa shape index (κ2) is 6.32. The number of benzene rings is 4. The number of hydrogen-bond acceptors (Lipinski definition) is 0. The molecule has 4 aromatic carbocycles. The summed E-state index contributed by atoms with van der Waals surface area (Å²) in [6, 6.07) is 29.6. The first kappa shape index (κ1) is 19.3. The first-order chi connectivity index (χ1) is 14.8. The van der Waals surface area contributed by atoms with Gasteiger partial charge >= 0.3 is 0 Å². The van der Waals surface area contributed by atoms with E-state index in [0.29, 0.717) is 0 Å². The van der Waals surface area contributed by atoms with Crippen molar-refractivity contribution >= 4 is 48.5 Å². The Hall–Kier alpha value is -2.40. The van der Waals surface area contributed by atoms with Gasteiger partial charge in [-0.05, 0) is 66.3 Å². The molecule has 0 aliphatic carbocycles. The summed E-state index contributed by atoms with van der Waals surface area (Å²) in [6.07, 6.45) is 0. The van der Waals surface area contributed by atoms with Crippen molar-refractivity contribution in [3.63, 3.8) is 0 Å². The maximum Gasteiger partial charge on any atom is 0.114 e. The third-order valence-corrected chi connectivity index (χ3v) is 14.9. The van der Waals surface area contributed by atoms with Gasteiger partial charge in [0.2, 0.25) is 0 Å². The Morgan fingerprint density at radius 3 is 1.97 bits per heavy atom. The van der Waals surface area contributed by atoms with E-state index in [2.05, 4.69) is 99.0 Å². The van der Waals surface area contributed by atoms with Gasteiger partial charge in [0.1, 0.15) is 16.1 Å². The lowest BCUT2D eigenvalue weighted by atomic mass is 9.97. The van der Waals surface area contributed by atoms with E-state index in [0.717, 1.165) is 5.02 Å². The van der Waals surface area contributed by atoms with Crippen molar-refractivity contribution in [2.45, 2.75) is 26.2 Å². The molecule has 2 heterocycles. The Bertz CT molecular complexity index is 1400. The predicted molar refractivity (Wildman–Crippen MR) is 141 cm³/mol. The van der Waals surface area contributed by atoms with Crippen LogP contribution in [0, 0.1) is 0 Å². The van der Waals surface area contributed by atoms with Gasteiger partial charge in [-0.3, -0.25) is 0 Å². The van der Waals surface area contributed by atoms with Crippen molar-refractivity contribution < 1.29 is 0 Å². The van der Waals surface area contributed by atoms with Gasteiger partial charge < -0.3 is 0 Å². The van der Waals surface area contributed by atoms with Gasteiger partial charge in [0.25, 0.3) is 0 Å². The Balaban J connectivity index is 1.58. The number of hydrogen-bond donors (Lipinski definition) is 0. The minimum absolute atomic E-state index is 0.844. The molecule has 0 saturated carbocycles. The van der Waals surface area contributed by atoms with E-state index in [4.69, 9.17) is 11.6 Å². The number of halogens is 1. The summed E-state index contributed by atoms with van der Waals surface area (Å²) >= 11 is 6.42. The van der Waals surface area contributed by atoms with Crippen LogP contribution in [0.4, 0.5) is 0 Å². The highest BCUT2D eigenvalue weighted by Crippen LogP contribution is 2.36. The van der Waals surface area contributed by atoms with Gasteiger partial charge in [0.05, 0.1) is 0 Å². The van der Waals surface area contributed by atoms with Gasteiger partial charge in [0, 0.05) is 5.02 Å². The molecule has 0 unspecified atom stereocenters. The summed E-state index contributed by atoms with van der Waals surface area (Å²) in [5, 5.41) is 7.00. The summed E-state index contributed by atoms with van der Waals surface area (Å²) in [5.74, 6) is 0. The smallest absolute Gasteiger partial charge is 0.0843 e. The van der Waals surface area contributed by atoms with Crippen molar-refractivity contribution in [2.24, 2.45) is 0 Å². The highest BCUT2D eigenvalue weighted by molar-refractivity contribution is 7.05. The molecule has 0 radical (unpaired) electrons. The van der Waals surface area contributed by atoms with E-state index in [1.54, 1.807) is 15.6 Å². The van der Waals surface area contributed by atoms with Crippen LogP contribution in [0.5, 0.6) is 0 Å². The third-order valence-electron chi connectivity index (χ3n) is 7.53. The van der Waals surface area contributed by atoms with Gasteiger partial charge in [-0.15, -0.1) is 0 Å². The summed E-state index contributed by atoms with van der Waals surface area (Å²) < 4.78 is 0. The van der Waals surface area contributed by atoms with Crippen molar-refractivity contribution in [2.75, 3.05) is 0 Å². The zero-order valence-corrected chi connectivity index (χ0v) is 21.1. The molecule has 0 aromatic heterocycles. The van der Waals surface area contributed by atoms with Crippen molar-refractivity contribution in [1.29, 1.82) is 0 Å². The molecule has 3 heteroatoms. The number of rotatable bonds is 1. The molecule has 31 heavy (non-hydrogen) atoms. The molecular weight excluding hydrogens is 428 g/mol. The Morgan fingerprint density at radius 1 is 0.516 bits per heavy atom. The highest BCUT2D eigenvalue weighted by atomic mass is 35.5. The molecule has 4 aromatic rings. The normalized spacial score (nSPS) is 16.4. The van der Waals surface area contributed by atoms with E-state index >= 15 is 0 Å². The maximum atomic E-state index is 6.42. The van der Waals surface area contributed by atoms with Gasteiger partial charge in [-0.25, -0.2) is 0 Å². The molecule has 0 nitrogen and oxygen atoms in total. The molecule has 0 amide bonds. The largest absolute Gasteiger partial charge is 0.114 e. The fourth-order valence-corrected chi connectivity index (χ4v) is 12.8. The fraction of sp³-hybridized carbons (Fsp3) is 0.143. The quantitative estimate of drug-likeness (QED) is 0.329. The summed E-state index contributed by atoms with van der Waals surface area (Å²) in [4.78, 5) is 0. The molecule has 0 atom stereocenters. The van der Waals surface area contributed by atoms with Gasteiger partial charge in [-0.1, -0.05) is 105 Å². The van der Waals surface area contributed by atoms with Crippen LogP contribution in [0.25, 0.3) is 33.4 Å². The second-order valence-corrected chi connectivity index (χ2v) is 19.0. The molecule has 0 bridgehead atoms. The zero-order chi connectivity index (χ0) is 21.5. The molecule has 0 spiro atoms. The predicted octanol–water partition coefficient (Wildman–Crippen LogP) is 5.61. The van der Waals surface area contributed by atoms with E-state index < -0.39 is 16.1 Å². The Kier molecular flexibility index (Phi) is 3.93. The van der Waals surface area contributed by atoms with Crippen LogP contribution >= 0.6 is 11.6 Å². The van der Waals surface area contributed by atoms with Crippen LogP contribution in [-0.2, 0) is 0 Å². The molecular formula is C28H25ClSi2. The lowest BCUT2D eigenvalue weighted by molar-refractivity contribution is 1.64. The Morgan fingerprint density at radius 2 is 1.13 bits per heavy atom. The van der Waals surface area contributed by atoms with Crippen LogP contribution in [-0.4, -0.2) is 16.1 Å². The molecule has 0 fully saturated rings. The summed E-state index contributed by atoms with van der Waals surface area (Å²) in [5.41, 5.74) is 8.43. The summed E-state index contributed by atoms with van der Waals surface area (Å²) in [6.45, 7) is 9.93. The van der Waals surface area contributed by atoms with Crippen LogP contribution < -0.4 is 20.7 Å². The SMILES string of the molecule is C[Si]1(C)c2ccccc2-c2ccc(-c3cccc4c3[Si](C)(C)c3cc(Cl)ccc3-4)cc21. The maximum absolute atomic E-state index is 6.42. The van der Waals surface area contributed by atoms with E-state index in [-0.39, 0.29) is 0 Å².